The minimum Gasteiger partial charge on any atom is -0.297 e. The molecule has 0 saturated carbocycles. The van der Waals surface area contributed by atoms with Crippen LogP contribution in [0.4, 0.5) is 0 Å². The topological polar surface area (TPSA) is 34.1 Å². The summed E-state index contributed by atoms with van der Waals surface area (Å²) in [6, 6.07) is 8.78. The lowest BCUT2D eigenvalue weighted by Crippen LogP contribution is -1.93. The number of carbonyl (C=O) groups excluding carboxylic acids is 2. The number of allylic oxidation sites excluding steroid dienone is 1. The second-order valence-electron chi connectivity index (χ2n) is 2.34. The van der Waals surface area contributed by atoms with E-state index < -0.39 is 0 Å². The van der Waals surface area contributed by atoms with Crippen molar-refractivity contribution in [2.24, 2.45) is 0 Å². The zero-order chi connectivity index (χ0) is 9.68. The van der Waals surface area contributed by atoms with E-state index in [1.807, 2.05) is 6.07 Å². The van der Waals surface area contributed by atoms with Gasteiger partial charge >= 0.3 is 0 Å². The Morgan fingerprint density at radius 2 is 1.92 bits per heavy atom. The van der Waals surface area contributed by atoms with Crippen molar-refractivity contribution in [2.75, 3.05) is 0 Å². The van der Waals surface area contributed by atoms with Gasteiger partial charge in [-0.3, -0.25) is 9.59 Å². The number of carbonyl (C=O) groups is 2. The first-order valence-corrected chi connectivity index (χ1v) is 4.47. The Kier molecular flexibility index (Phi) is 3.46. The first-order chi connectivity index (χ1) is 6.24. The molecule has 0 bridgehead atoms. The molecule has 1 aromatic carbocycles. The largest absolute Gasteiger partial charge is 0.297 e. The number of hydrogen-bond donors (Lipinski definition) is 0. The zero-order valence-electron chi connectivity index (χ0n) is 6.90. The van der Waals surface area contributed by atoms with Crippen LogP contribution in [0.25, 0.3) is 0 Å². The fourth-order valence-corrected chi connectivity index (χ4v) is 1.32. The van der Waals surface area contributed by atoms with Gasteiger partial charge in [0.1, 0.15) is 0 Å². The molecule has 0 N–H and O–H groups in total. The molecule has 0 aromatic heterocycles. The van der Waals surface area contributed by atoms with Crippen molar-refractivity contribution in [1.29, 1.82) is 0 Å². The van der Waals surface area contributed by atoms with Gasteiger partial charge in [-0.15, -0.1) is 0 Å². The number of rotatable bonds is 3. The molecule has 0 aliphatic heterocycles. The second-order valence-corrected chi connectivity index (χ2v) is 3.44. The Balaban J connectivity index is 2.70. The van der Waals surface area contributed by atoms with Gasteiger partial charge in [0.05, 0.1) is 0 Å². The van der Waals surface area contributed by atoms with Crippen molar-refractivity contribution in [3.8, 4) is 0 Å². The predicted molar refractivity (Wildman–Crippen MR) is 53.6 cm³/mol. The van der Waals surface area contributed by atoms with Crippen LogP contribution >= 0.6 is 11.8 Å². The van der Waals surface area contributed by atoms with Crippen LogP contribution in [0.5, 0.6) is 0 Å². The van der Waals surface area contributed by atoms with Crippen LogP contribution in [0.15, 0.2) is 41.8 Å². The van der Waals surface area contributed by atoms with Crippen LogP contribution in [-0.4, -0.2) is 11.4 Å². The Morgan fingerprint density at radius 1 is 1.31 bits per heavy atom. The van der Waals surface area contributed by atoms with Crippen molar-refractivity contribution in [3.63, 3.8) is 0 Å². The zero-order valence-corrected chi connectivity index (χ0v) is 7.71. The first kappa shape index (κ1) is 9.74. The molecule has 0 amide bonds. The molecule has 0 aliphatic rings. The lowest BCUT2D eigenvalue weighted by Gasteiger charge is -1.97. The number of aldehydes is 1. The minimum atomic E-state index is -0.155. The SMILES string of the molecule is C=C(C=O)SC(=O)c1ccccc1. The van der Waals surface area contributed by atoms with Gasteiger partial charge in [0.2, 0.25) is 5.12 Å². The monoisotopic (exact) mass is 192 g/mol. The summed E-state index contributed by atoms with van der Waals surface area (Å²) in [5, 5.41) is -0.155. The van der Waals surface area contributed by atoms with Gasteiger partial charge < -0.3 is 0 Å². The highest BCUT2D eigenvalue weighted by Gasteiger charge is 2.06. The molecule has 2 nitrogen and oxygen atoms in total. The van der Waals surface area contributed by atoms with Gasteiger partial charge in [0.15, 0.2) is 6.29 Å². The van der Waals surface area contributed by atoms with Crippen molar-refractivity contribution in [3.05, 3.63) is 47.4 Å². The summed E-state index contributed by atoms with van der Waals surface area (Å²) >= 11 is 0.851. The molecule has 13 heavy (non-hydrogen) atoms. The predicted octanol–water partition coefficient (Wildman–Crippen LogP) is 2.27. The van der Waals surface area contributed by atoms with E-state index in [0.717, 1.165) is 11.8 Å². The third-order valence-corrected chi connectivity index (χ3v) is 2.14. The summed E-state index contributed by atoms with van der Waals surface area (Å²) in [4.78, 5) is 21.8. The summed E-state index contributed by atoms with van der Waals surface area (Å²) in [6.07, 6.45) is 0.575. The number of thioether (sulfide) groups is 1. The lowest BCUT2D eigenvalue weighted by molar-refractivity contribution is -0.104. The average Bonchev–Trinajstić information content (AvgIpc) is 2.19. The van der Waals surface area contributed by atoms with E-state index in [-0.39, 0.29) is 10.0 Å². The van der Waals surface area contributed by atoms with Crippen molar-refractivity contribution < 1.29 is 9.59 Å². The van der Waals surface area contributed by atoms with Gasteiger partial charge in [0.25, 0.3) is 0 Å². The number of benzene rings is 1. The fourth-order valence-electron chi connectivity index (χ4n) is 0.776. The molecule has 0 unspecified atom stereocenters. The Labute approximate surface area is 80.6 Å². The summed E-state index contributed by atoms with van der Waals surface area (Å²) in [6.45, 7) is 3.41. The lowest BCUT2D eigenvalue weighted by atomic mass is 10.2. The minimum absolute atomic E-state index is 0.155. The van der Waals surface area contributed by atoms with Crippen LogP contribution < -0.4 is 0 Å². The maximum Gasteiger partial charge on any atom is 0.224 e. The molecule has 0 saturated heterocycles. The Bertz CT molecular complexity index is 330. The molecule has 0 radical (unpaired) electrons. The molecule has 1 rings (SSSR count). The summed E-state index contributed by atoms with van der Waals surface area (Å²) < 4.78 is 0. The fraction of sp³-hybridized carbons (Fsp3) is 0. The highest BCUT2D eigenvalue weighted by molar-refractivity contribution is 8.18. The van der Waals surface area contributed by atoms with Crippen LogP contribution in [0.1, 0.15) is 10.4 Å². The van der Waals surface area contributed by atoms with Gasteiger partial charge in [0, 0.05) is 10.5 Å². The number of hydrogen-bond acceptors (Lipinski definition) is 3. The Hall–Kier alpha value is -1.35. The molecular weight excluding hydrogens is 184 g/mol. The van der Waals surface area contributed by atoms with Crippen molar-refractivity contribution in [2.45, 2.75) is 0 Å². The molecule has 0 heterocycles. The highest BCUT2D eigenvalue weighted by Crippen LogP contribution is 2.17. The molecule has 0 aliphatic carbocycles. The van der Waals surface area contributed by atoms with Crippen LogP contribution in [-0.2, 0) is 4.79 Å². The maximum atomic E-state index is 11.4. The summed E-state index contributed by atoms with van der Waals surface area (Å²) in [7, 11) is 0. The van der Waals surface area contributed by atoms with Crippen LogP contribution in [0.3, 0.4) is 0 Å². The third-order valence-electron chi connectivity index (χ3n) is 1.36. The smallest absolute Gasteiger partial charge is 0.224 e. The molecule has 0 spiro atoms. The van der Waals surface area contributed by atoms with Gasteiger partial charge in [-0.2, -0.15) is 0 Å². The van der Waals surface area contributed by atoms with Gasteiger partial charge in [-0.05, 0) is 11.8 Å². The van der Waals surface area contributed by atoms with E-state index in [0.29, 0.717) is 11.8 Å². The van der Waals surface area contributed by atoms with E-state index in [4.69, 9.17) is 0 Å². The van der Waals surface area contributed by atoms with Crippen molar-refractivity contribution in [1.82, 2.24) is 0 Å². The maximum absolute atomic E-state index is 11.4. The van der Waals surface area contributed by atoms with Gasteiger partial charge in [-0.25, -0.2) is 0 Å². The normalized spacial score (nSPS) is 9.23. The molecule has 66 valence electrons. The van der Waals surface area contributed by atoms with E-state index in [2.05, 4.69) is 6.58 Å². The molecular formula is C10H8O2S. The van der Waals surface area contributed by atoms with E-state index in [1.54, 1.807) is 24.3 Å². The summed E-state index contributed by atoms with van der Waals surface area (Å²) in [5.41, 5.74) is 0.579. The van der Waals surface area contributed by atoms with Gasteiger partial charge in [-0.1, -0.05) is 36.9 Å². The second kappa shape index (κ2) is 4.62. The molecule has 0 atom stereocenters. The van der Waals surface area contributed by atoms with Crippen LogP contribution in [0.2, 0.25) is 0 Å². The van der Waals surface area contributed by atoms with Crippen LogP contribution in [0, 0.1) is 0 Å². The van der Waals surface area contributed by atoms with Crippen molar-refractivity contribution >= 4 is 23.2 Å². The standard InChI is InChI=1S/C10H8O2S/c1-8(7-11)13-10(12)9-5-3-2-4-6-9/h2-7H,1H2. The van der Waals surface area contributed by atoms with E-state index in [9.17, 15) is 9.59 Å². The quantitative estimate of drug-likeness (QED) is 0.544. The third kappa shape index (κ3) is 2.87. The summed E-state index contributed by atoms with van der Waals surface area (Å²) in [5.74, 6) is 0. The molecule has 1 aromatic rings. The molecule has 3 heteroatoms. The Morgan fingerprint density at radius 3 is 2.46 bits per heavy atom. The van der Waals surface area contributed by atoms with E-state index >= 15 is 0 Å². The molecule has 0 fully saturated rings. The first-order valence-electron chi connectivity index (χ1n) is 3.65. The van der Waals surface area contributed by atoms with E-state index in [1.165, 1.54) is 0 Å². The average molecular weight is 192 g/mol. The highest BCUT2D eigenvalue weighted by atomic mass is 32.2.